The molecule has 0 radical (unpaired) electrons. The topological polar surface area (TPSA) is 38.5 Å². The van der Waals surface area contributed by atoms with Crippen molar-refractivity contribution in [2.45, 2.75) is 52.5 Å². The summed E-state index contributed by atoms with van der Waals surface area (Å²) in [7, 11) is 0. The van der Waals surface area contributed by atoms with Gasteiger partial charge in [-0.25, -0.2) is 0 Å². The van der Waals surface area contributed by atoms with Gasteiger partial charge in [0.15, 0.2) is 0 Å². The molecule has 0 aliphatic carbocycles. The quantitative estimate of drug-likeness (QED) is 0.595. The largest absolute Gasteiger partial charge is 0.493 e. The molecule has 0 atom stereocenters. The lowest BCUT2D eigenvalue weighted by Gasteiger charge is -2.22. The summed E-state index contributed by atoms with van der Waals surface area (Å²) in [6.45, 7) is 9.38. The number of para-hydroxylation sites is 1. The fourth-order valence-electron chi connectivity index (χ4n) is 2.38. The zero-order chi connectivity index (χ0) is 15.3. The molecule has 3 heteroatoms. The van der Waals surface area contributed by atoms with Crippen LogP contribution in [0.15, 0.2) is 24.3 Å². The summed E-state index contributed by atoms with van der Waals surface area (Å²) in [6, 6.07) is 8.05. The number of hydrogen-bond donors (Lipinski definition) is 1. The number of nitrogens with two attached hydrogens (primary N) is 1. The lowest BCUT2D eigenvalue weighted by atomic mass is 10.2. The van der Waals surface area contributed by atoms with E-state index in [1.165, 1.54) is 38.8 Å². The highest BCUT2D eigenvalue weighted by molar-refractivity contribution is 5.32. The van der Waals surface area contributed by atoms with Gasteiger partial charge in [0.2, 0.25) is 0 Å². The standard InChI is InChI=1S/C18H32N2O/c1-3-5-12-20(13-6-4-2)14-9-15-21-18-11-8-7-10-17(18)16-19/h7-8,10-11H,3-6,9,12-16,19H2,1-2H3. The van der Waals surface area contributed by atoms with Crippen LogP contribution in [0.2, 0.25) is 0 Å². The highest BCUT2D eigenvalue weighted by atomic mass is 16.5. The van der Waals surface area contributed by atoms with Gasteiger partial charge in [-0.05, 0) is 38.4 Å². The van der Waals surface area contributed by atoms with Crippen LogP contribution in [0.4, 0.5) is 0 Å². The van der Waals surface area contributed by atoms with E-state index < -0.39 is 0 Å². The molecular formula is C18H32N2O. The molecule has 3 nitrogen and oxygen atoms in total. The number of nitrogens with zero attached hydrogens (tertiary/aromatic N) is 1. The number of rotatable bonds is 12. The summed E-state index contributed by atoms with van der Waals surface area (Å²) in [5.41, 5.74) is 6.81. The SMILES string of the molecule is CCCCN(CCCC)CCCOc1ccccc1CN. The van der Waals surface area contributed by atoms with Crippen molar-refractivity contribution in [1.29, 1.82) is 0 Å². The van der Waals surface area contributed by atoms with Gasteiger partial charge in [0.25, 0.3) is 0 Å². The molecule has 2 N–H and O–H groups in total. The van der Waals surface area contributed by atoms with Crippen molar-refractivity contribution < 1.29 is 4.74 Å². The van der Waals surface area contributed by atoms with Crippen LogP contribution < -0.4 is 10.5 Å². The lowest BCUT2D eigenvalue weighted by molar-refractivity contribution is 0.228. The summed E-state index contributed by atoms with van der Waals surface area (Å²) in [4.78, 5) is 2.57. The van der Waals surface area contributed by atoms with Crippen molar-refractivity contribution in [3.05, 3.63) is 29.8 Å². The minimum Gasteiger partial charge on any atom is -0.493 e. The van der Waals surface area contributed by atoms with Gasteiger partial charge in [-0.1, -0.05) is 44.9 Å². The Hall–Kier alpha value is -1.06. The van der Waals surface area contributed by atoms with Crippen molar-refractivity contribution in [3.8, 4) is 5.75 Å². The molecule has 1 rings (SSSR count). The molecule has 0 bridgehead atoms. The Morgan fingerprint density at radius 2 is 1.57 bits per heavy atom. The predicted molar refractivity (Wildman–Crippen MR) is 90.7 cm³/mol. The Morgan fingerprint density at radius 1 is 0.952 bits per heavy atom. The summed E-state index contributed by atoms with van der Waals surface area (Å²) in [5, 5.41) is 0. The van der Waals surface area contributed by atoms with Gasteiger partial charge < -0.3 is 15.4 Å². The molecule has 0 saturated carbocycles. The van der Waals surface area contributed by atoms with Crippen LogP contribution in [-0.4, -0.2) is 31.1 Å². The van der Waals surface area contributed by atoms with E-state index in [2.05, 4.69) is 18.7 Å². The maximum Gasteiger partial charge on any atom is 0.123 e. The lowest BCUT2D eigenvalue weighted by Crippen LogP contribution is -2.28. The summed E-state index contributed by atoms with van der Waals surface area (Å²) in [5.74, 6) is 0.939. The van der Waals surface area contributed by atoms with Crippen LogP contribution in [0.3, 0.4) is 0 Å². The van der Waals surface area contributed by atoms with Crippen LogP contribution >= 0.6 is 0 Å². The molecule has 0 aliphatic rings. The van der Waals surface area contributed by atoms with Crippen LogP contribution in [0.5, 0.6) is 5.75 Å². The smallest absolute Gasteiger partial charge is 0.123 e. The normalized spacial score (nSPS) is 11.0. The first-order valence-corrected chi connectivity index (χ1v) is 8.44. The highest BCUT2D eigenvalue weighted by Gasteiger charge is 2.05. The van der Waals surface area contributed by atoms with E-state index in [-0.39, 0.29) is 0 Å². The Morgan fingerprint density at radius 3 is 2.19 bits per heavy atom. The molecular weight excluding hydrogens is 260 g/mol. The van der Waals surface area contributed by atoms with E-state index in [9.17, 15) is 0 Å². The van der Waals surface area contributed by atoms with Crippen molar-refractivity contribution >= 4 is 0 Å². The minimum atomic E-state index is 0.537. The van der Waals surface area contributed by atoms with Gasteiger partial charge in [0, 0.05) is 18.7 Å². The second-order valence-electron chi connectivity index (χ2n) is 5.56. The van der Waals surface area contributed by atoms with Crippen LogP contribution in [0, 0.1) is 0 Å². The minimum absolute atomic E-state index is 0.537. The maximum atomic E-state index is 5.88. The van der Waals surface area contributed by atoms with E-state index in [0.29, 0.717) is 6.54 Å². The molecule has 0 fully saturated rings. The van der Waals surface area contributed by atoms with Crippen molar-refractivity contribution in [2.75, 3.05) is 26.2 Å². The number of benzene rings is 1. The summed E-state index contributed by atoms with van der Waals surface area (Å²) in [6.07, 6.45) is 6.19. The number of hydrogen-bond acceptors (Lipinski definition) is 3. The molecule has 0 amide bonds. The van der Waals surface area contributed by atoms with E-state index in [1.807, 2.05) is 24.3 Å². The van der Waals surface area contributed by atoms with Gasteiger partial charge >= 0.3 is 0 Å². The van der Waals surface area contributed by atoms with Gasteiger partial charge in [-0.2, -0.15) is 0 Å². The molecule has 0 heterocycles. The number of unbranched alkanes of at least 4 members (excludes halogenated alkanes) is 2. The fraction of sp³-hybridized carbons (Fsp3) is 0.667. The average molecular weight is 292 g/mol. The summed E-state index contributed by atoms with van der Waals surface area (Å²) < 4.78 is 5.88. The Balaban J connectivity index is 2.29. The first-order valence-electron chi connectivity index (χ1n) is 8.44. The molecule has 0 unspecified atom stereocenters. The predicted octanol–water partition coefficient (Wildman–Crippen LogP) is 3.82. The van der Waals surface area contributed by atoms with E-state index in [1.54, 1.807) is 0 Å². The first kappa shape index (κ1) is 18.0. The Kier molecular flexibility index (Phi) is 9.92. The Bertz CT molecular complexity index is 360. The average Bonchev–Trinajstić information content (AvgIpc) is 2.53. The molecule has 1 aromatic carbocycles. The first-order chi connectivity index (χ1) is 10.3. The molecule has 120 valence electrons. The zero-order valence-electron chi connectivity index (χ0n) is 13.8. The van der Waals surface area contributed by atoms with Crippen LogP contribution in [0.25, 0.3) is 0 Å². The van der Waals surface area contributed by atoms with E-state index in [4.69, 9.17) is 10.5 Å². The molecule has 0 saturated heterocycles. The van der Waals surface area contributed by atoms with Crippen LogP contribution in [0.1, 0.15) is 51.5 Å². The monoisotopic (exact) mass is 292 g/mol. The highest BCUT2D eigenvalue weighted by Crippen LogP contribution is 2.17. The van der Waals surface area contributed by atoms with E-state index >= 15 is 0 Å². The number of ether oxygens (including phenoxy) is 1. The third-order valence-corrected chi connectivity index (χ3v) is 3.72. The van der Waals surface area contributed by atoms with Crippen molar-refractivity contribution in [1.82, 2.24) is 4.90 Å². The van der Waals surface area contributed by atoms with E-state index in [0.717, 1.165) is 30.9 Å². The van der Waals surface area contributed by atoms with Crippen LogP contribution in [-0.2, 0) is 6.54 Å². The molecule has 21 heavy (non-hydrogen) atoms. The fourth-order valence-corrected chi connectivity index (χ4v) is 2.38. The molecule has 0 aromatic heterocycles. The zero-order valence-corrected chi connectivity index (χ0v) is 13.8. The maximum absolute atomic E-state index is 5.88. The second-order valence-corrected chi connectivity index (χ2v) is 5.56. The molecule has 0 aliphatic heterocycles. The third kappa shape index (κ3) is 7.49. The van der Waals surface area contributed by atoms with Gasteiger partial charge in [0.1, 0.15) is 5.75 Å². The summed E-state index contributed by atoms with van der Waals surface area (Å²) >= 11 is 0. The van der Waals surface area contributed by atoms with Crippen molar-refractivity contribution in [3.63, 3.8) is 0 Å². The third-order valence-electron chi connectivity index (χ3n) is 3.72. The van der Waals surface area contributed by atoms with Gasteiger partial charge in [-0.15, -0.1) is 0 Å². The Labute approximate surface area is 130 Å². The molecule has 1 aromatic rings. The molecule has 0 spiro atoms. The van der Waals surface area contributed by atoms with Crippen molar-refractivity contribution in [2.24, 2.45) is 5.73 Å². The van der Waals surface area contributed by atoms with Gasteiger partial charge in [-0.3, -0.25) is 0 Å². The second kappa shape index (κ2) is 11.6. The van der Waals surface area contributed by atoms with Gasteiger partial charge in [0.05, 0.1) is 6.61 Å².